The zero-order valence-electron chi connectivity index (χ0n) is 12.1. The van der Waals surface area contributed by atoms with Crippen LogP contribution in [0.2, 0.25) is 0 Å². The van der Waals surface area contributed by atoms with Crippen molar-refractivity contribution < 1.29 is 4.79 Å². The molecule has 5 heteroatoms. The van der Waals surface area contributed by atoms with Gasteiger partial charge >= 0.3 is 0 Å². The monoisotopic (exact) mass is 272 g/mol. The van der Waals surface area contributed by atoms with Crippen LogP contribution in [0.4, 0.5) is 0 Å². The molecule has 2 aromatic rings. The van der Waals surface area contributed by atoms with Crippen molar-refractivity contribution in [2.45, 2.75) is 39.8 Å². The average molecular weight is 272 g/mol. The molecule has 1 unspecified atom stereocenters. The van der Waals surface area contributed by atoms with Crippen LogP contribution in [0.15, 0.2) is 30.6 Å². The van der Waals surface area contributed by atoms with Crippen molar-refractivity contribution in [3.05, 3.63) is 47.5 Å². The van der Waals surface area contributed by atoms with E-state index in [1.165, 1.54) is 0 Å². The molecule has 5 nitrogen and oxygen atoms in total. The van der Waals surface area contributed by atoms with Crippen LogP contribution in [0.1, 0.15) is 48.1 Å². The Hall–Kier alpha value is -2.17. The second kappa shape index (κ2) is 6.32. The van der Waals surface area contributed by atoms with Gasteiger partial charge in [0.1, 0.15) is 0 Å². The molecule has 2 aromatic heterocycles. The number of pyridine rings is 1. The second-order valence-corrected chi connectivity index (χ2v) is 4.72. The van der Waals surface area contributed by atoms with E-state index in [4.69, 9.17) is 0 Å². The standard InChI is InChI=1S/C15H20N4O/c1-4-13(14-8-6-7-11(3)17-14)18-15(20)12-9-16-19(5-2)10-12/h6-10,13H,4-5H2,1-3H3,(H,18,20). The van der Waals surface area contributed by atoms with Gasteiger partial charge in [0.25, 0.3) is 5.91 Å². The van der Waals surface area contributed by atoms with E-state index in [1.807, 2.05) is 39.0 Å². The first-order valence-corrected chi connectivity index (χ1v) is 6.91. The lowest BCUT2D eigenvalue weighted by atomic mass is 10.1. The van der Waals surface area contributed by atoms with E-state index in [0.29, 0.717) is 5.56 Å². The van der Waals surface area contributed by atoms with Crippen molar-refractivity contribution in [3.8, 4) is 0 Å². The van der Waals surface area contributed by atoms with Crippen molar-refractivity contribution in [1.29, 1.82) is 0 Å². The third-order valence-electron chi connectivity index (χ3n) is 3.20. The molecule has 1 N–H and O–H groups in total. The summed E-state index contributed by atoms with van der Waals surface area (Å²) in [4.78, 5) is 16.7. The van der Waals surface area contributed by atoms with Gasteiger partial charge in [-0.15, -0.1) is 0 Å². The number of nitrogens with one attached hydrogen (secondary N) is 1. The maximum Gasteiger partial charge on any atom is 0.255 e. The number of hydrogen-bond donors (Lipinski definition) is 1. The summed E-state index contributed by atoms with van der Waals surface area (Å²) in [7, 11) is 0. The predicted molar refractivity (Wildman–Crippen MR) is 77.4 cm³/mol. The second-order valence-electron chi connectivity index (χ2n) is 4.72. The molecule has 0 aliphatic carbocycles. The molecule has 0 saturated heterocycles. The molecule has 0 aliphatic rings. The van der Waals surface area contributed by atoms with Crippen LogP contribution >= 0.6 is 0 Å². The van der Waals surface area contributed by atoms with Gasteiger partial charge in [-0.05, 0) is 32.4 Å². The molecule has 0 bridgehead atoms. The van der Waals surface area contributed by atoms with Crippen LogP contribution in [0.3, 0.4) is 0 Å². The summed E-state index contributed by atoms with van der Waals surface area (Å²) in [5, 5.41) is 7.13. The Balaban J connectivity index is 2.11. The Kier molecular flexibility index (Phi) is 4.50. The minimum Gasteiger partial charge on any atom is -0.344 e. The molecule has 106 valence electrons. The Labute approximate surface area is 119 Å². The normalized spacial score (nSPS) is 12.2. The Morgan fingerprint density at radius 2 is 2.20 bits per heavy atom. The van der Waals surface area contributed by atoms with E-state index in [1.54, 1.807) is 17.1 Å². The number of amides is 1. The molecule has 0 saturated carbocycles. The maximum absolute atomic E-state index is 12.2. The molecule has 20 heavy (non-hydrogen) atoms. The summed E-state index contributed by atoms with van der Waals surface area (Å²) in [5.74, 6) is -0.111. The lowest BCUT2D eigenvalue weighted by Gasteiger charge is -2.16. The fraction of sp³-hybridized carbons (Fsp3) is 0.400. The smallest absolute Gasteiger partial charge is 0.255 e. The third kappa shape index (κ3) is 3.23. The van der Waals surface area contributed by atoms with Gasteiger partial charge in [-0.25, -0.2) is 0 Å². The highest BCUT2D eigenvalue weighted by Crippen LogP contribution is 2.15. The SMILES string of the molecule is CCC(NC(=O)c1cnn(CC)c1)c1cccc(C)n1. The molecule has 2 heterocycles. The number of aromatic nitrogens is 3. The first kappa shape index (κ1) is 14.2. The minimum atomic E-state index is -0.111. The molecular formula is C15H20N4O. The first-order chi connectivity index (χ1) is 9.63. The summed E-state index contributed by atoms with van der Waals surface area (Å²) < 4.78 is 1.74. The number of carbonyl (C=O) groups excluding carboxylic acids is 1. The van der Waals surface area contributed by atoms with E-state index >= 15 is 0 Å². The van der Waals surface area contributed by atoms with Crippen LogP contribution < -0.4 is 5.32 Å². The van der Waals surface area contributed by atoms with E-state index in [0.717, 1.165) is 24.4 Å². The van der Waals surface area contributed by atoms with Gasteiger partial charge < -0.3 is 5.32 Å². The Morgan fingerprint density at radius 3 is 2.80 bits per heavy atom. The topological polar surface area (TPSA) is 59.8 Å². The van der Waals surface area contributed by atoms with E-state index in [-0.39, 0.29) is 11.9 Å². The lowest BCUT2D eigenvalue weighted by molar-refractivity contribution is 0.0934. The van der Waals surface area contributed by atoms with Gasteiger partial charge in [-0.3, -0.25) is 14.5 Å². The van der Waals surface area contributed by atoms with Crippen LogP contribution in [0, 0.1) is 6.92 Å². The number of carbonyl (C=O) groups is 1. The number of hydrogen-bond acceptors (Lipinski definition) is 3. The van der Waals surface area contributed by atoms with E-state index < -0.39 is 0 Å². The van der Waals surface area contributed by atoms with Crippen LogP contribution in [-0.2, 0) is 6.54 Å². The molecule has 0 aromatic carbocycles. The van der Waals surface area contributed by atoms with Gasteiger partial charge in [-0.2, -0.15) is 5.10 Å². The zero-order valence-corrected chi connectivity index (χ0v) is 12.1. The van der Waals surface area contributed by atoms with E-state index in [2.05, 4.69) is 15.4 Å². The Morgan fingerprint density at radius 1 is 1.40 bits per heavy atom. The molecule has 1 atom stereocenters. The van der Waals surface area contributed by atoms with Gasteiger partial charge in [0, 0.05) is 18.4 Å². The zero-order chi connectivity index (χ0) is 14.5. The molecule has 0 fully saturated rings. The van der Waals surface area contributed by atoms with Gasteiger partial charge in [0.2, 0.25) is 0 Å². The number of rotatable bonds is 5. The third-order valence-corrected chi connectivity index (χ3v) is 3.20. The largest absolute Gasteiger partial charge is 0.344 e. The highest BCUT2D eigenvalue weighted by atomic mass is 16.1. The van der Waals surface area contributed by atoms with Crippen LogP contribution in [-0.4, -0.2) is 20.7 Å². The molecular weight excluding hydrogens is 252 g/mol. The summed E-state index contributed by atoms with van der Waals surface area (Å²) >= 11 is 0. The first-order valence-electron chi connectivity index (χ1n) is 6.91. The fourth-order valence-electron chi connectivity index (χ4n) is 2.04. The number of aryl methyl sites for hydroxylation is 2. The van der Waals surface area contributed by atoms with Gasteiger partial charge in [-0.1, -0.05) is 13.0 Å². The van der Waals surface area contributed by atoms with Crippen LogP contribution in [0.25, 0.3) is 0 Å². The Bertz CT molecular complexity index is 591. The van der Waals surface area contributed by atoms with Gasteiger partial charge in [0.05, 0.1) is 23.5 Å². The van der Waals surface area contributed by atoms with Crippen molar-refractivity contribution in [2.24, 2.45) is 0 Å². The summed E-state index contributed by atoms with van der Waals surface area (Å²) in [6.07, 6.45) is 4.14. The van der Waals surface area contributed by atoms with Crippen molar-refractivity contribution in [3.63, 3.8) is 0 Å². The van der Waals surface area contributed by atoms with Crippen molar-refractivity contribution >= 4 is 5.91 Å². The van der Waals surface area contributed by atoms with E-state index in [9.17, 15) is 4.79 Å². The van der Waals surface area contributed by atoms with Crippen molar-refractivity contribution in [1.82, 2.24) is 20.1 Å². The molecule has 1 amide bonds. The maximum atomic E-state index is 12.2. The lowest BCUT2D eigenvalue weighted by Crippen LogP contribution is -2.28. The van der Waals surface area contributed by atoms with Gasteiger partial charge in [0.15, 0.2) is 0 Å². The minimum absolute atomic E-state index is 0.0765. The summed E-state index contributed by atoms with van der Waals surface area (Å²) in [5.41, 5.74) is 2.43. The number of nitrogens with zero attached hydrogens (tertiary/aromatic N) is 3. The average Bonchev–Trinajstić information content (AvgIpc) is 2.93. The highest BCUT2D eigenvalue weighted by Gasteiger charge is 2.16. The molecule has 0 aliphatic heterocycles. The highest BCUT2D eigenvalue weighted by molar-refractivity contribution is 5.93. The quantitative estimate of drug-likeness (QED) is 0.909. The summed E-state index contributed by atoms with van der Waals surface area (Å²) in [6, 6.07) is 5.77. The molecule has 2 rings (SSSR count). The van der Waals surface area contributed by atoms with Crippen molar-refractivity contribution in [2.75, 3.05) is 0 Å². The fourth-order valence-corrected chi connectivity index (χ4v) is 2.04. The molecule has 0 radical (unpaired) electrons. The van der Waals surface area contributed by atoms with Crippen LogP contribution in [0.5, 0.6) is 0 Å². The predicted octanol–water partition coefficient (Wildman–Crippen LogP) is 2.49. The summed E-state index contributed by atoms with van der Waals surface area (Å²) in [6.45, 7) is 6.72. The molecule has 0 spiro atoms.